The lowest BCUT2D eigenvalue weighted by Crippen LogP contribution is -2.52. The average molecular weight is 226 g/mol. The van der Waals surface area contributed by atoms with Crippen molar-refractivity contribution >= 4 is 11.8 Å². The van der Waals surface area contributed by atoms with E-state index in [0.717, 1.165) is 25.7 Å². The van der Waals surface area contributed by atoms with Crippen molar-refractivity contribution in [1.29, 1.82) is 0 Å². The van der Waals surface area contributed by atoms with Gasteiger partial charge in [-0.15, -0.1) is 0 Å². The van der Waals surface area contributed by atoms with E-state index in [4.69, 9.17) is 5.73 Å². The summed E-state index contributed by atoms with van der Waals surface area (Å²) in [5, 5.41) is 0. The largest absolute Gasteiger partial charge is 0.324 e. The summed E-state index contributed by atoms with van der Waals surface area (Å²) in [6.45, 7) is 4.37. The molecule has 1 aliphatic rings. The second-order valence-electron chi connectivity index (χ2n) is 4.65. The van der Waals surface area contributed by atoms with Gasteiger partial charge in [-0.05, 0) is 25.7 Å². The first-order valence-corrected chi connectivity index (χ1v) is 6.14. The Bertz CT molecular complexity index is 254. The van der Waals surface area contributed by atoms with Crippen molar-refractivity contribution in [3.8, 4) is 0 Å². The first-order valence-electron chi connectivity index (χ1n) is 6.14. The minimum Gasteiger partial charge on any atom is -0.324 e. The fourth-order valence-corrected chi connectivity index (χ4v) is 1.93. The highest BCUT2D eigenvalue weighted by Gasteiger charge is 2.31. The first kappa shape index (κ1) is 13.2. The molecule has 0 spiro atoms. The third-order valence-corrected chi connectivity index (χ3v) is 3.51. The molecular weight excluding hydrogens is 204 g/mol. The molecule has 0 aromatic heterocycles. The van der Waals surface area contributed by atoms with Crippen LogP contribution >= 0.6 is 0 Å². The molecular formula is C12H22N2O2. The molecule has 0 aromatic carbocycles. The summed E-state index contributed by atoms with van der Waals surface area (Å²) < 4.78 is 0. The molecule has 0 atom stereocenters. The highest BCUT2D eigenvalue weighted by molar-refractivity contribution is 5.96. The molecule has 16 heavy (non-hydrogen) atoms. The fraction of sp³-hybridized carbons (Fsp3) is 0.833. The number of imide groups is 1. The summed E-state index contributed by atoms with van der Waals surface area (Å²) in [5.74, 6) is -0.113. The third-order valence-electron chi connectivity index (χ3n) is 3.51. The smallest absolute Gasteiger partial charge is 0.229 e. The Morgan fingerprint density at radius 3 is 1.94 bits per heavy atom. The maximum atomic E-state index is 11.8. The average Bonchev–Trinajstić information content (AvgIpc) is 2.44. The zero-order chi connectivity index (χ0) is 12.2. The maximum absolute atomic E-state index is 11.8. The number of rotatable bonds is 4. The molecule has 1 heterocycles. The van der Waals surface area contributed by atoms with Crippen LogP contribution in [-0.4, -0.2) is 28.8 Å². The van der Waals surface area contributed by atoms with E-state index in [1.807, 2.05) is 13.8 Å². The van der Waals surface area contributed by atoms with Crippen molar-refractivity contribution in [2.45, 2.75) is 57.9 Å². The van der Waals surface area contributed by atoms with Crippen LogP contribution in [0, 0.1) is 0 Å². The van der Waals surface area contributed by atoms with Gasteiger partial charge in [0.15, 0.2) is 0 Å². The molecule has 0 saturated carbocycles. The number of hydrogen-bond donors (Lipinski definition) is 1. The Labute approximate surface area is 97.2 Å². The van der Waals surface area contributed by atoms with Crippen molar-refractivity contribution in [2.75, 3.05) is 6.54 Å². The standard InChI is InChI=1S/C12H22N2O2/c1-3-12(13,4-2)9-14-10(15)7-5-6-8-11(14)16/h3-9,13H2,1-2H3. The first-order chi connectivity index (χ1) is 7.52. The molecule has 0 unspecified atom stereocenters. The van der Waals surface area contributed by atoms with Gasteiger partial charge in [0.2, 0.25) is 11.8 Å². The number of likely N-dealkylation sites (tertiary alicyclic amines) is 1. The lowest BCUT2D eigenvalue weighted by atomic mass is 9.93. The van der Waals surface area contributed by atoms with Crippen molar-refractivity contribution < 1.29 is 9.59 Å². The highest BCUT2D eigenvalue weighted by Crippen LogP contribution is 2.18. The van der Waals surface area contributed by atoms with Gasteiger partial charge in [0.25, 0.3) is 0 Å². The van der Waals surface area contributed by atoms with Crippen LogP contribution in [0.5, 0.6) is 0 Å². The number of hydrogen-bond acceptors (Lipinski definition) is 3. The molecule has 2 amide bonds. The van der Waals surface area contributed by atoms with E-state index in [2.05, 4.69) is 0 Å². The zero-order valence-corrected chi connectivity index (χ0v) is 10.3. The molecule has 0 aliphatic carbocycles. The molecule has 4 heteroatoms. The van der Waals surface area contributed by atoms with Crippen molar-refractivity contribution in [1.82, 2.24) is 4.90 Å². The minimum atomic E-state index is -0.421. The lowest BCUT2D eigenvalue weighted by Gasteiger charge is -2.32. The van der Waals surface area contributed by atoms with Gasteiger partial charge in [0.05, 0.1) is 0 Å². The molecule has 0 radical (unpaired) electrons. The summed E-state index contributed by atoms with van der Waals surface area (Å²) in [7, 11) is 0. The molecule has 0 aromatic rings. The second kappa shape index (κ2) is 5.43. The minimum absolute atomic E-state index is 0.0563. The van der Waals surface area contributed by atoms with Gasteiger partial charge in [-0.25, -0.2) is 0 Å². The van der Waals surface area contributed by atoms with Gasteiger partial charge in [-0.2, -0.15) is 0 Å². The number of amides is 2. The molecule has 1 rings (SSSR count). The molecule has 1 saturated heterocycles. The molecule has 1 fully saturated rings. The van der Waals surface area contributed by atoms with Gasteiger partial charge in [-0.1, -0.05) is 13.8 Å². The number of carbonyl (C=O) groups is 2. The Morgan fingerprint density at radius 2 is 1.56 bits per heavy atom. The monoisotopic (exact) mass is 226 g/mol. The SMILES string of the molecule is CCC(N)(CC)CN1C(=O)CCCCC1=O. The van der Waals surface area contributed by atoms with Crippen LogP contribution in [0.1, 0.15) is 52.4 Å². The Morgan fingerprint density at radius 1 is 1.12 bits per heavy atom. The number of nitrogens with two attached hydrogens (primary N) is 1. The lowest BCUT2D eigenvalue weighted by molar-refractivity contribution is -0.144. The summed E-state index contributed by atoms with van der Waals surface area (Å²) in [4.78, 5) is 24.9. The van der Waals surface area contributed by atoms with E-state index < -0.39 is 5.54 Å². The van der Waals surface area contributed by atoms with Crippen molar-refractivity contribution in [3.05, 3.63) is 0 Å². The Balaban J connectivity index is 2.75. The Hall–Kier alpha value is -0.900. The topological polar surface area (TPSA) is 63.4 Å². The third kappa shape index (κ3) is 3.04. The van der Waals surface area contributed by atoms with Crippen molar-refractivity contribution in [2.24, 2.45) is 5.73 Å². The van der Waals surface area contributed by atoms with E-state index in [9.17, 15) is 9.59 Å². The molecule has 92 valence electrons. The quantitative estimate of drug-likeness (QED) is 0.738. The van der Waals surface area contributed by atoms with Gasteiger partial charge < -0.3 is 5.73 Å². The van der Waals surface area contributed by atoms with E-state index >= 15 is 0 Å². The van der Waals surface area contributed by atoms with Crippen LogP contribution in [-0.2, 0) is 9.59 Å². The van der Waals surface area contributed by atoms with E-state index in [-0.39, 0.29) is 11.8 Å². The molecule has 1 aliphatic heterocycles. The number of carbonyl (C=O) groups excluding carboxylic acids is 2. The zero-order valence-electron chi connectivity index (χ0n) is 10.3. The predicted molar refractivity (Wildman–Crippen MR) is 62.7 cm³/mol. The van der Waals surface area contributed by atoms with Gasteiger partial charge >= 0.3 is 0 Å². The van der Waals surface area contributed by atoms with Gasteiger partial charge in [-0.3, -0.25) is 14.5 Å². The highest BCUT2D eigenvalue weighted by atomic mass is 16.2. The molecule has 2 N–H and O–H groups in total. The van der Waals surface area contributed by atoms with Crippen LogP contribution in [0.2, 0.25) is 0 Å². The van der Waals surface area contributed by atoms with E-state index in [0.29, 0.717) is 19.4 Å². The normalized spacial score (nSPS) is 18.8. The fourth-order valence-electron chi connectivity index (χ4n) is 1.93. The van der Waals surface area contributed by atoms with Crippen LogP contribution in [0.3, 0.4) is 0 Å². The maximum Gasteiger partial charge on any atom is 0.229 e. The van der Waals surface area contributed by atoms with E-state index in [1.54, 1.807) is 0 Å². The summed E-state index contributed by atoms with van der Waals surface area (Å²) in [5.41, 5.74) is 5.74. The second-order valence-corrected chi connectivity index (χ2v) is 4.65. The van der Waals surface area contributed by atoms with Gasteiger partial charge in [0, 0.05) is 24.9 Å². The van der Waals surface area contributed by atoms with Crippen LogP contribution in [0.15, 0.2) is 0 Å². The van der Waals surface area contributed by atoms with Crippen molar-refractivity contribution in [3.63, 3.8) is 0 Å². The number of nitrogens with zero attached hydrogens (tertiary/aromatic N) is 1. The molecule has 4 nitrogen and oxygen atoms in total. The summed E-state index contributed by atoms with van der Waals surface area (Å²) in [6, 6.07) is 0. The summed E-state index contributed by atoms with van der Waals surface area (Å²) in [6.07, 6.45) is 4.15. The predicted octanol–water partition coefficient (Wildman–Crippen LogP) is 1.43. The van der Waals surface area contributed by atoms with Crippen LogP contribution in [0.4, 0.5) is 0 Å². The Kier molecular flexibility index (Phi) is 4.47. The van der Waals surface area contributed by atoms with Gasteiger partial charge in [0.1, 0.15) is 0 Å². The molecule has 0 bridgehead atoms. The van der Waals surface area contributed by atoms with Crippen LogP contribution in [0.25, 0.3) is 0 Å². The van der Waals surface area contributed by atoms with E-state index in [1.165, 1.54) is 4.90 Å². The van der Waals surface area contributed by atoms with Crippen LogP contribution < -0.4 is 5.73 Å². The summed E-state index contributed by atoms with van der Waals surface area (Å²) >= 11 is 0.